The monoisotopic (exact) mass is 291 g/mol. The Balaban J connectivity index is 2.24. The Morgan fingerprint density at radius 3 is 2.47 bits per heavy atom. The van der Waals surface area contributed by atoms with E-state index in [2.05, 4.69) is 10.6 Å². The van der Waals surface area contributed by atoms with E-state index in [0.29, 0.717) is 26.2 Å². The molecule has 112 valence electrons. The molecule has 0 aromatic heterocycles. The summed E-state index contributed by atoms with van der Waals surface area (Å²) in [6.07, 6.45) is 1.63. The van der Waals surface area contributed by atoms with Gasteiger partial charge in [0.2, 0.25) is 10.0 Å². The minimum atomic E-state index is -3.10. The highest BCUT2D eigenvalue weighted by atomic mass is 32.2. The van der Waals surface area contributed by atoms with Crippen LogP contribution in [0.5, 0.6) is 0 Å². The summed E-state index contributed by atoms with van der Waals surface area (Å²) in [7, 11) is -3.10. The van der Waals surface area contributed by atoms with Gasteiger partial charge in [-0.3, -0.25) is 0 Å². The van der Waals surface area contributed by atoms with Gasteiger partial charge in [-0.15, -0.1) is 0 Å². The number of amides is 2. The van der Waals surface area contributed by atoms with Crippen LogP contribution >= 0.6 is 0 Å². The van der Waals surface area contributed by atoms with Crippen molar-refractivity contribution in [1.29, 1.82) is 0 Å². The molecule has 0 saturated carbocycles. The molecule has 6 nitrogen and oxygen atoms in total. The predicted octanol–water partition coefficient (Wildman–Crippen LogP) is 0.757. The molecule has 0 unspecified atom stereocenters. The Kier molecular flexibility index (Phi) is 5.61. The molecule has 19 heavy (non-hydrogen) atoms. The van der Waals surface area contributed by atoms with E-state index in [-0.39, 0.29) is 17.2 Å². The molecular formula is C12H25N3O3S. The summed E-state index contributed by atoms with van der Waals surface area (Å²) >= 11 is 0. The lowest BCUT2D eigenvalue weighted by molar-refractivity contribution is 0.234. The normalized spacial score (nSPS) is 19.9. The third-order valence-electron chi connectivity index (χ3n) is 2.88. The van der Waals surface area contributed by atoms with Crippen LogP contribution in [0.3, 0.4) is 0 Å². The number of urea groups is 1. The fourth-order valence-electron chi connectivity index (χ4n) is 1.79. The van der Waals surface area contributed by atoms with Crippen LogP contribution in [0.2, 0.25) is 0 Å². The Morgan fingerprint density at radius 2 is 1.89 bits per heavy atom. The molecule has 0 radical (unpaired) electrons. The number of carbonyl (C=O) groups is 1. The van der Waals surface area contributed by atoms with Gasteiger partial charge >= 0.3 is 6.03 Å². The van der Waals surface area contributed by atoms with Crippen LogP contribution in [0.15, 0.2) is 0 Å². The lowest BCUT2D eigenvalue weighted by Crippen LogP contribution is -2.45. The molecule has 1 fully saturated rings. The van der Waals surface area contributed by atoms with Gasteiger partial charge in [-0.25, -0.2) is 17.5 Å². The van der Waals surface area contributed by atoms with Crippen LogP contribution in [-0.4, -0.2) is 50.7 Å². The molecule has 0 aliphatic carbocycles. The van der Waals surface area contributed by atoms with Crippen LogP contribution in [0, 0.1) is 5.41 Å². The van der Waals surface area contributed by atoms with Crippen LogP contribution < -0.4 is 10.6 Å². The predicted molar refractivity (Wildman–Crippen MR) is 75.5 cm³/mol. The quantitative estimate of drug-likeness (QED) is 0.802. The van der Waals surface area contributed by atoms with E-state index in [4.69, 9.17) is 0 Å². The largest absolute Gasteiger partial charge is 0.338 e. The second-order valence-corrected chi connectivity index (χ2v) is 8.18. The molecule has 2 N–H and O–H groups in total. The van der Waals surface area contributed by atoms with Gasteiger partial charge < -0.3 is 10.6 Å². The number of rotatable bonds is 4. The number of hydrogen-bond donors (Lipinski definition) is 2. The first-order chi connectivity index (χ1) is 8.71. The highest BCUT2D eigenvalue weighted by molar-refractivity contribution is 7.89. The Hall–Kier alpha value is -0.820. The highest BCUT2D eigenvalue weighted by Crippen LogP contribution is 2.12. The average Bonchev–Trinajstić information content (AvgIpc) is 2.27. The van der Waals surface area contributed by atoms with E-state index in [1.807, 2.05) is 20.8 Å². The molecular weight excluding hydrogens is 266 g/mol. The smallest absolute Gasteiger partial charge is 0.314 e. The molecule has 7 heteroatoms. The zero-order valence-electron chi connectivity index (χ0n) is 12.0. The van der Waals surface area contributed by atoms with E-state index in [1.165, 1.54) is 4.31 Å². The molecule has 0 aromatic rings. The van der Waals surface area contributed by atoms with Crippen molar-refractivity contribution in [3.63, 3.8) is 0 Å². The SMILES string of the molecule is CC(C)(C)CNC(=O)NCCN1CCCCS1(=O)=O. The van der Waals surface area contributed by atoms with Gasteiger partial charge in [0.15, 0.2) is 0 Å². The van der Waals surface area contributed by atoms with Gasteiger partial charge in [0.05, 0.1) is 5.75 Å². The van der Waals surface area contributed by atoms with Crippen molar-refractivity contribution in [2.24, 2.45) is 5.41 Å². The van der Waals surface area contributed by atoms with Gasteiger partial charge in [-0.2, -0.15) is 0 Å². The summed E-state index contributed by atoms with van der Waals surface area (Å²) in [5, 5.41) is 5.45. The summed E-state index contributed by atoms with van der Waals surface area (Å²) < 4.78 is 24.9. The van der Waals surface area contributed by atoms with Crippen molar-refractivity contribution >= 4 is 16.1 Å². The lowest BCUT2D eigenvalue weighted by Gasteiger charge is -2.26. The number of carbonyl (C=O) groups excluding carboxylic acids is 1. The third-order valence-corrected chi connectivity index (χ3v) is 4.84. The number of hydrogen-bond acceptors (Lipinski definition) is 3. The van der Waals surface area contributed by atoms with Crippen LogP contribution in [0.1, 0.15) is 33.6 Å². The molecule has 2 amide bonds. The topological polar surface area (TPSA) is 78.5 Å². The minimum Gasteiger partial charge on any atom is -0.338 e. The van der Waals surface area contributed by atoms with Gasteiger partial charge in [0, 0.05) is 26.2 Å². The summed E-state index contributed by atoms with van der Waals surface area (Å²) in [5.41, 5.74) is 0.0353. The minimum absolute atomic E-state index is 0.0353. The standard InChI is InChI=1S/C12H25N3O3S/c1-12(2,3)10-14-11(16)13-6-8-15-7-4-5-9-19(15,17)18/h4-10H2,1-3H3,(H2,13,14,16). The van der Waals surface area contributed by atoms with Gasteiger partial charge in [-0.1, -0.05) is 20.8 Å². The zero-order chi connectivity index (χ0) is 14.5. The maximum absolute atomic E-state index is 11.7. The second-order valence-electron chi connectivity index (χ2n) is 6.09. The first kappa shape index (κ1) is 16.2. The molecule has 1 aliphatic heterocycles. The van der Waals surface area contributed by atoms with Crippen molar-refractivity contribution in [3.05, 3.63) is 0 Å². The maximum Gasteiger partial charge on any atom is 0.314 e. The molecule has 0 bridgehead atoms. The fraction of sp³-hybridized carbons (Fsp3) is 0.917. The van der Waals surface area contributed by atoms with E-state index >= 15 is 0 Å². The van der Waals surface area contributed by atoms with E-state index in [9.17, 15) is 13.2 Å². The first-order valence-corrected chi connectivity index (χ1v) is 8.31. The lowest BCUT2D eigenvalue weighted by atomic mass is 9.97. The van der Waals surface area contributed by atoms with E-state index in [1.54, 1.807) is 0 Å². The maximum atomic E-state index is 11.7. The Morgan fingerprint density at radius 1 is 1.21 bits per heavy atom. The van der Waals surface area contributed by atoms with Crippen molar-refractivity contribution in [2.75, 3.05) is 31.9 Å². The van der Waals surface area contributed by atoms with Crippen LogP contribution in [0.25, 0.3) is 0 Å². The van der Waals surface area contributed by atoms with Gasteiger partial charge in [0.1, 0.15) is 0 Å². The molecule has 0 atom stereocenters. The van der Waals surface area contributed by atoms with Crippen molar-refractivity contribution in [1.82, 2.24) is 14.9 Å². The Labute approximate surface area is 116 Å². The summed E-state index contributed by atoms with van der Waals surface area (Å²) in [6.45, 7) is 7.95. The zero-order valence-corrected chi connectivity index (χ0v) is 12.8. The molecule has 1 heterocycles. The number of sulfonamides is 1. The molecule has 0 aromatic carbocycles. The number of nitrogens with one attached hydrogen (secondary N) is 2. The highest BCUT2D eigenvalue weighted by Gasteiger charge is 2.25. The van der Waals surface area contributed by atoms with Crippen molar-refractivity contribution in [2.45, 2.75) is 33.6 Å². The molecule has 1 rings (SSSR count). The molecule has 1 aliphatic rings. The van der Waals surface area contributed by atoms with Crippen molar-refractivity contribution in [3.8, 4) is 0 Å². The second kappa shape index (κ2) is 6.56. The molecule has 1 saturated heterocycles. The van der Waals surface area contributed by atoms with E-state index in [0.717, 1.165) is 12.8 Å². The Bertz CT molecular complexity index is 401. The van der Waals surface area contributed by atoms with E-state index < -0.39 is 10.0 Å². The summed E-state index contributed by atoms with van der Waals surface area (Å²) in [4.78, 5) is 11.5. The van der Waals surface area contributed by atoms with Gasteiger partial charge in [-0.05, 0) is 18.3 Å². The molecule has 0 spiro atoms. The first-order valence-electron chi connectivity index (χ1n) is 6.70. The summed E-state index contributed by atoms with van der Waals surface area (Å²) in [5.74, 6) is 0.225. The number of nitrogens with zero attached hydrogens (tertiary/aromatic N) is 1. The fourth-order valence-corrected chi connectivity index (χ4v) is 3.40. The van der Waals surface area contributed by atoms with Gasteiger partial charge in [0.25, 0.3) is 0 Å². The van der Waals surface area contributed by atoms with Crippen LogP contribution in [0.4, 0.5) is 4.79 Å². The van der Waals surface area contributed by atoms with Crippen molar-refractivity contribution < 1.29 is 13.2 Å². The van der Waals surface area contributed by atoms with Crippen LogP contribution in [-0.2, 0) is 10.0 Å². The average molecular weight is 291 g/mol. The summed E-state index contributed by atoms with van der Waals surface area (Å²) in [6, 6.07) is -0.246. The third kappa shape index (κ3) is 6.24.